The molecule has 0 spiro atoms. The van der Waals surface area contributed by atoms with Crippen molar-refractivity contribution >= 4 is 11.8 Å². The first kappa shape index (κ1) is 22.1. The van der Waals surface area contributed by atoms with Crippen molar-refractivity contribution in [1.29, 1.82) is 0 Å². The fourth-order valence-electron chi connectivity index (χ4n) is 3.33. The van der Waals surface area contributed by atoms with Crippen molar-refractivity contribution in [2.75, 3.05) is 11.9 Å². The van der Waals surface area contributed by atoms with E-state index in [2.05, 4.69) is 20.7 Å². The molecular formula is C25H28N6O2. The van der Waals surface area contributed by atoms with Crippen LogP contribution < -0.4 is 15.4 Å². The number of nitrogens with one attached hydrogen (secondary N) is 2. The molecule has 2 aromatic carbocycles. The zero-order chi connectivity index (χ0) is 22.9. The molecule has 0 atom stereocenters. The number of imidazole rings is 1. The lowest BCUT2D eigenvalue weighted by Gasteiger charge is -2.08. The minimum absolute atomic E-state index is 0.266. The van der Waals surface area contributed by atoms with Crippen molar-refractivity contribution < 1.29 is 9.53 Å². The normalized spacial score (nSPS) is 10.7. The van der Waals surface area contributed by atoms with Crippen molar-refractivity contribution in [1.82, 2.24) is 24.6 Å². The molecule has 2 aromatic heterocycles. The Balaban J connectivity index is 1.15. The molecule has 170 valence electrons. The minimum Gasteiger partial charge on any atom is -0.457 e. The summed E-state index contributed by atoms with van der Waals surface area (Å²) in [7, 11) is 0. The monoisotopic (exact) mass is 444 g/mol. The Labute approximate surface area is 193 Å². The predicted molar refractivity (Wildman–Crippen MR) is 127 cm³/mol. The number of carbonyl (C=O) groups excluding carboxylic acids is 1. The van der Waals surface area contributed by atoms with Gasteiger partial charge in [-0.15, -0.1) is 0 Å². The lowest BCUT2D eigenvalue weighted by Crippen LogP contribution is -2.30. The van der Waals surface area contributed by atoms with Crippen LogP contribution in [0.2, 0.25) is 0 Å². The van der Waals surface area contributed by atoms with E-state index in [4.69, 9.17) is 4.74 Å². The van der Waals surface area contributed by atoms with E-state index in [1.807, 2.05) is 77.1 Å². The molecule has 33 heavy (non-hydrogen) atoms. The van der Waals surface area contributed by atoms with E-state index >= 15 is 0 Å². The number of nitrogens with zero attached hydrogens (tertiary/aromatic N) is 4. The molecule has 2 heterocycles. The molecular weight excluding hydrogens is 416 g/mol. The smallest absolute Gasteiger partial charge is 0.320 e. The molecule has 0 fully saturated rings. The summed E-state index contributed by atoms with van der Waals surface area (Å²) in [6.07, 6.45) is 9.02. The average molecular weight is 445 g/mol. The van der Waals surface area contributed by atoms with Crippen LogP contribution >= 0.6 is 0 Å². The van der Waals surface area contributed by atoms with E-state index in [0.29, 0.717) is 12.4 Å². The summed E-state index contributed by atoms with van der Waals surface area (Å²) in [6.45, 7) is 4.22. The van der Waals surface area contributed by atoms with Gasteiger partial charge in [-0.2, -0.15) is 5.10 Å². The molecule has 0 aliphatic carbocycles. The number of anilines is 1. The summed E-state index contributed by atoms with van der Waals surface area (Å²) in [5.41, 5.74) is 2.32. The van der Waals surface area contributed by atoms with E-state index in [9.17, 15) is 4.79 Å². The van der Waals surface area contributed by atoms with Gasteiger partial charge in [0.2, 0.25) is 0 Å². The van der Waals surface area contributed by atoms with Crippen LogP contribution in [0.4, 0.5) is 10.6 Å². The zero-order valence-electron chi connectivity index (χ0n) is 18.6. The van der Waals surface area contributed by atoms with Crippen LogP contribution in [-0.2, 0) is 19.5 Å². The summed E-state index contributed by atoms with van der Waals surface area (Å²) >= 11 is 0. The van der Waals surface area contributed by atoms with Gasteiger partial charge in [0.1, 0.15) is 11.5 Å². The first-order chi connectivity index (χ1) is 16.1. The summed E-state index contributed by atoms with van der Waals surface area (Å²) < 4.78 is 9.70. The summed E-state index contributed by atoms with van der Waals surface area (Å²) in [5.74, 6) is 2.13. The fourth-order valence-corrected chi connectivity index (χ4v) is 3.33. The molecule has 0 unspecified atom stereocenters. The van der Waals surface area contributed by atoms with Gasteiger partial charge in [0, 0.05) is 44.3 Å². The van der Waals surface area contributed by atoms with Gasteiger partial charge < -0.3 is 14.6 Å². The van der Waals surface area contributed by atoms with E-state index in [0.717, 1.165) is 43.0 Å². The average Bonchev–Trinajstić information content (AvgIpc) is 3.49. The molecule has 0 saturated heterocycles. The first-order valence-electron chi connectivity index (χ1n) is 11.0. The Kier molecular flexibility index (Phi) is 7.37. The number of rotatable bonds is 10. The van der Waals surface area contributed by atoms with Crippen molar-refractivity contribution in [2.45, 2.75) is 32.9 Å². The fraction of sp³-hybridized carbons (Fsp3) is 0.240. The van der Waals surface area contributed by atoms with Gasteiger partial charge in [-0.3, -0.25) is 10.00 Å². The Morgan fingerprint density at radius 2 is 1.73 bits per heavy atom. The molecule has 2 amide bonds. The van der Waals surface area contributed by atoms with Crippen LogP contribution in [0.15, 0.2) is 79.5 Å². The van der Waals surface area contributed by atoms with Crippen molar-refractivity contribution in [3.63, 3.8) is 0 Å². The van der Waals surface area contributed by atoms with Crippen LogP contribution in [-0.4, -0.2) is 31.9 Å². The number of hydrogen-bond donors (Lipinski definition) is 2. The van der Waals surface area contributed by atoms with Crippen LogP contribution in [0.3, 0.4) is 0 Å². The third-order valence-electron chi connectivity index (χ3n) is 5.12. The van der Waals surface area contributed by atoms with E-state index < -0.39 is 0 Å². The van der Waals surface area contributed by atoms with Gasteiger partial charge in [-0.05, 0) is 49.6 Å². The molecule has 0 radical (unpaired) electrons. The van der Waals surface area contributed by atoms with Gasteiger partial charge in [0.15, 0.2) is 5.82 Å². The SMILES string of the molecule is Cc1ccc(Oc2ccc(CCNC(=O)Nc3ccn(CCCn4ccnc4)n3)cc2)cc1. The Hall–Kier alpha value is -4.07. The number of amides is 2. The summed E-state index contributed by atoms with van der Waals surface area (Å²) in [6, 6.07) is 17.4. The molecule has 0 aliphatic heterocycles. The van der Waals surface area contributed by atoms with Gasteiger partial charge in [-0.1, -0.05) is 29.8 Å². The van der Waals surface area contributed by atoms with Crippen LogP contribution in [0, 0.1) is 6.92 Å². The third kappa shape index (κ3) is 6.96. The second-order valence-electron chi connectivity index (χ2n) is 7.81. The maximum absolute atomic E-state index is 12.2. The molecule has 0 saturated carbocycles. The molecule has 4 rings (SSSR count). The zero-order valence-corrected chi connectivity index (χ0v) is 18.6. The molecule has 2 N–H and O–H groups in total. The second kappa shape index (κ2) is 11.0. The van der Waals surface area contributed by atoms with Gasteiger partial charge >= 0.3 is 6.03 Å². The number of aromatic nitrogens is 4. The third-order valence-corrected chi connectivity index (χ3v) is 5.12. The Bertz CT molecular complexity index is 1130. The number of benzene rings is 2. The predicted octanol–water partition coefficient (Wildman–Crippen LogP) is 4.63. The number of aryl methyl sites for hydroxylation is 3. The second-order valence-corrected chi connectivity index (χ2v) is 7.81. The van der Waals surface area contributed by atoms with Gasteiger partial charge in [0.25, 0.3) is 0 Å². The van der Waals surface area contributed by atoms with Crippen LogP contribution in [0.25, 0.3) is 0 Å². The molecule has 0 aliphatic rings. The first-order valence-corrected chi connectivity index (χ1v) is 11.0. The maximum atomic E-state index is 12.2. The largest absolute Gasteiger partial charge is 0.457 e. The molecule has 0 bridgehead atoms. The highest BCUT2D eigenvalue weighted by Crippen LogP contribution is 2.22. The lowest BCUT2D eigenvalue weighted by molar-refractivity contribution is 0.252. The number of carbonyl (C=O) groups is 1. The Morgan fingerprint density at radius 1 is 0.970 bits per heavy atom. The van der Waals surface area contributed by atoms with E-state index in [1.54, 1.807) is 18.6 Å². The van der Waals surface area contributed by atoms with Gasteiger partial charge in [0.05, 0.1) is 6.33 Å². The maximum Gasteiger partial charge on any atom is 0.320 e. The highest BCUT2D eigenvalue weighted by molar-refractivity contribution is 5.88. The number of ether oxygens (including phenoxy) is 1. The van der Waals surface area contributed by atoms with Gasteiger partial charge in [-0.25, -0.2) is 9.78 Å². The molecule has 4 aromatic rings. The Morgan fingerprint density at radius 3 is 2.45 bits per heavy atom. The van der Waals surface area contributed by atoms with Crippen molar-refractivity contribution in [3.05, 3.63) is 90.6 Å². The minimum atomic E-state index is -0.266. The highest BCUT2D eigenvalue weighted by atomic mass is 16.5. The quantitative estimate of drug-likeness (QED) is 0.373. The van der Waals surface area contributed by atoms with Crippen LogP contribution in [0.1, 0.15) is 17.5 Å². The summed E-state index contributed by atoms with van der Waals surface area (Å²) in [4.78, 5) is 16.2. The van der Waals surface area contributed by atoms with Crippen LogP contribution in [0.5, 0.6) is 11.5 Å². The van der Waals surface area contributed by atoms with Crippen molar-refractivity contribution in [2.24, 2.45) is 0 Å². The lowest BCUT2D eigenvalue weighted by atomic mass is 10.1. The topological polar surface area (TPSA) is 86.0 Å². The van der Waals surface area contributed by atoms with Crippen molar-refractivity contribution in [3.8, 4) is 11.5 Å². The van der Waals surface area contributed by atoms with E-state index in [-0.39, 0.29) is 6.03 Å². The molecule has 8 nitrogen and oxygen atoms in total. The number of hydrogen-bond acceptors (Lipinski definition) is 4. The standard InChI is InChI=1S/C25H28N6O2/c1-20-3-7-22(8-4-20)33-23-9-5-21(6-10-23)11-13-27-25(32)28-24-12-17-31(29-24)16-2-15-30-18-14-26-19-30/h3-10,12,14,17-19H,2,11,13,15-16H2,1H3,(H2,27,28,29,32). The summed E-state index contributed by atoms with van der Waals surface area (Å²) in [5, 5.41) is 10.0. The highest BCUT2D eigenvalue weighted by Gasteiger charge is 2.05. The van der Waals surface area contributed by atoms with E-state index in [1.165, 1.54) is 5.56 Å². The number of urea groups is 1. The molecule has 8 heteroatoms.